The summed E-state index contributed by atoms with van der Waals surface area (Å²) in [5.74, 6) is 1.18. The molecule has 0 unspecified atom stereocenters. The van der Waals surface area contributed by atoms with Gasteiger partial charge in [0.05, 0.1) is 0 Å². The Bertz CT molecular complexity index is 699. The van der Waals surface area contributed by atoms with Crippen LogP contribution in [0.15, 0.2) is 24.3 Å². The van der Waals surface area contributed by atoms with Crippen LogP contribution in [-0.2, 0) is 19.3 Å². The summed E-state index contributed by atoms with van der Waals surface area (Å²) in [6, 6.07) is 9.03. The highest BCUT2D eigenvalue weighted by Gasteiger charge is 2.21. The average Bonchev–Trinajstić information content (AvgIpc) is 2.94. The van der Waals surface area contributed by atoms with Crippen LogP contribution in [0.2, 0.25) is 0 Å². The number of rotatable bonds is 5. The summed E-state index contributed by atoms with van der Waals surface area (Å²) in [4.78, 5) is 2.68. The van der Waals surface area contributed by atoms with E-state index in [0.717, 1.165) is 11.8 Å². The standard InChI is InChI=1S/C22H32N2S.ClH/c1-23-21-13-7-6-12-19(21)20(16-24-14-8-3-9-15-24)22(23)17-25-18-10-4-2-5-11-18;/h6-7,12-13,18H,2-5,8-11,14-17H2,1H3;1H. The number of piperidine rings is 1. The molecule has 2 fully saturated rings. The van der Waals surface area contributed by atoms with Gasteiger partial charge in [-0.25, -0.2) is 0 Å². The topological polar surface area (TPSA) is 8.17 Å². The van der Waals surface area contributed by atoms with Crippen molar-refractivity contribution in [2.75, 3.05) is 13.1 Å². The quantitative estimate of drug-likeness (QED) is 0.602. The molecule has 26 heavy (non-hydrogen) atoms. The minimum Gasteiger partial charge on any atom is -0.347 e. The molecule has 0 N–H and O–H groups in total. The summed E-state index contributed by atoms with van der Waals surface area (Å²) >= 11 is 2.22. The second-order valence-electron chi connectivity index (χ2n) is 7.91. The van der Waals surface area contributed by atoms with Gasteiger partial charge in [0.15, 0.2) is 0 Å². The van der Waals surface area contributed by atoms with Crippen LogP contribution in [0, 0.1) is 0 Å². The fourth-order valence-electron chi connectivity index (χ4n) is 4.65. The monoisotopic (exact) mass is 392 g/mol. The lowest BCUT2D eigenvalue weighted by Gasteiger charge is -2.27. The maximum Gasteiger partial charge on any atom is 0.0483 e. The fraction of sp³-hybridized carbons (Fsp3) is 0.636. The van der Waals surface area contributed by atoms with Crippen molar-refractivity contribution < 1.29 is 0 Å². The van der Waals surface area contributed by atoms with E-state index in [2.05, 4.69) is 52.5 Å². The second kappa shape index (κ2) is 9.52. The van der Waals surface area contributed by atoms with Crippen molar-refractivity contribution in [3.05, 3.63) is 35.5 Å². The molecule has 1 aromatic heterocycles. The number of aryl methyl sites for hydroxylation is 1. The minimum absolute atomic E-state index is 0. The van der Waals surface area contributed by atoms with Crippen molar-refractivity contribution in [3.8, 4) is 0 Å². The molecule has 4 heteroatoms. The zero-order valence-electron chi connectivity index (χ0n) is 16.1. The summed E-state index contributed by atoms with van der Waals surface area (Å²) in [7, 11) is 2.28. The smallest absolute Gasteiger partial charge is 0.0483 e. The first-order chi connectivity index (χ1) is 12.3. The molecule has 1 saturated carbocycles. The Hall–Kier alpha value is -0.640. The third-order valence-corrected chi connectivity index (χ3v) is 7.57. The van der Waals surface area contributed by atoms with Gasteiger partial charge < -0.3 is 4.57 Å². The molecule has 1 saturated heterocycles. The lowest BCUT2D eigenvalue weighted by atomic mass is 10.0. The normalized spacial score (nSPS) is 19.6. The molecule has 0 spiro atoms. The zero-order chi connectivity index (χ0) is 17.1. The number of likely N-dealkylation sites (tertiary alicyclic amines) is 1. The van der Waals surface area contributed by atoms with Gasteiger partial charge in [-0.1, -0.05) is 43.9 Å². The molecule has 0 bridgehead atoms. The third-order valence-electron chi connectivity index (χ3n) is 6.18. The van der Waals surface area contributed by atoms with Gasteiger partial charge in [0.25, 0.3) is 0 Å². The maximum absolute atomic E-state index is 2.68. The van der Waals surface area contributed by atoms with Crippen LogP contribution >= 0.6 is 24.2 Å². The van der Waals surface area contributed by atoms with Crippen LogP contribution in [0.4, 0.5) is 0 Å². The predicted molar refractivity (Wildman–Crippen MR) is 117 cm³/mol. The Morgan fingerprint density at radius 2 is 1.65 bits per heavy atom. The number of para-hydroxylation sites is 1. The molecule has 2 nitrogen and oxygen atoms in total. The third kappa shape index (κ3) is 4.43. The van der Waals surface area contributed by atoms with Gasteiger partial charge in [-0.2, -0.15) is 11.8 Å². The molecule has 144 valence electrons. The van der Waals surface area contributed by atoms with Crippen molar-refractivity contribution in [1.29, 1.82) is 0 Å². The molecule has 1 aliphatic carbocycles. The molecule has 0 amide bonds. The molecule has 2 heterocycles. The number of fused-ring (bicyclic) bond motifs is 1. The van der Waals surface area contributed by atoms with Gasteiger partial charge in [0.1, 0.15) is 0 Å². The van der Waals surface area contributed by atoms with Crippen LogP contribution in [-0.4, -0.2) is 27.8 Å². The molecular weight excluding hydrogens is 360 g/mol. The van der Waals surface area contributed by atoms with Gasteiger partial charge in [0, 0.05) is 41.2 Å². The van der Waals surface area contributed by atoms with E-state index in [1.807, 2.05) is 0 Å². The van der Waals surface area contributed by atoms with Crippen molar-refractivity contribution >= 4 is 35.1 Å². The van der Waals surface area contributed by atoms with Crippen LogP contribution in [0.5, 0.6) is 0 Å². The van der Waals surface area contributed by atoms with E-state index in [1.54, 1.807) is 11.3 Å². The molecule has 0 atom stereocenters. The number of halogens is 1. The Morgan fingerprint density at radius 3 is 2.42 bits per heavy atom. The maximum atomic E-state index is 2.68. The molecule has 1 aromatic carbocycles. The van der Waals surface area contributed by atoms with Crippen molar-refractivity contribution in [2.24, 2.45) is 7.05 Å². The number of hydrogen-bond acceptors (Lipinski definition) is 2. The first kappa shape index (κ1) is 20.1. The van der Waals surface area contributed by atoms with Crippen molar-refractivity contribution in [3.63, 3.8) is 0 Å². The first-order valence-corrected chi connectivity index (χ1v) is 11.3. The Balaban J connectivity index is 0.00000196. The largest absolute Gasteiger partial charge is 0.347 e. The van der Waals surface area contributed by atoms with Crippen LogP contribution in [0.3, 0.4) is 0 Å². The highest BCUT2D eigenvalue weighted by Crippen LogP contribution is 2.34. The summed E-state index contributed by atoms with van der Waals surface area (Å²) in [6.07, 6.45) is 11.3. The SMILES string of the molecule is Cl.Cn1c(CSC2CCCCC2)c(CN2CCCCC2)c2ccccc21. The van der Waals surface area contributed by atoms with Gasteiger partial charge in [-0.15, -0.1) is 12.4 Å². The fourth-order valence-corrected chi connectivity index (χ4v) is 6.08. The molecule has 2 aromatic rings. The van der Waals surface area contributed by atoms with Crippen LogP contribution in [0.1, 0.15) is 62.6 Å². The number of benzene rings is 1. The van der Waals surface area contributed by atoms with E-state index in [9.17, 15) is 0 Å². The second-order valence-corrected chi connectivity index (χ2v) is 9.20. The average molecular weight is 393 g/mol. The lowest BCUT2D eigenvalue weighted by Crippen LogP contribution is -2.29. The van der Waals surface area contributed by atoms with Gasteiger partial charge in [-0.05, 0) is 50.4 Å². The van der Waals surface area contributed by atoms with E-state index in [0.29, 0.717) is 0 Å². The highest BCUT2D eigenvalue weighted by atomic mass is 35.5. The highest BCUT2D eigenvalue weighted by molar-refractivity contribution is 7.99. The summed E-state index contributed by atoms with van der Waals surface area (Å²) < 4.78 is 2.48. The number of nitrogens with zero attached hydrogens (tertiary/aromatic N) is 2. The molecule has 4 rings (SSSR count). The summed E-state index contributed by atoms with van der Waals surface area (Å²) in [5, 5.41) is 2.37. The summed E-state index contributed by atoms with van der Waals surface area (Å²) in [5.41, 5.74) is 4.58. The van der Waals surface area contributed by atoms with E-state index >= 15 is 0 Å². The molecular formula is C22H33ClN2S. The Labute approximate surface area is 169 Å². The van der Waals surface area contributed by atoms with Gasteiger partial charge >= 0.3 is 0 Å². The van der Waals surface area contributed by atoms with Crippen LogP contribution in [0.25, 0.3) is 10.9 Å². The van der Waals surface area contributed by atoms with Crippen LogP contribution < -0.4 is 0 Å². The number of aromatic nitrogens is 1. The molecule has 1 aliphatic heterocycles. The van der Waals surface area contributed by atoms with E-state index in [-0.39, 0.29) is 12.4 Å². The predicted octanol–water partition coefficient (Wildman–Crippen LogP) is 6.15. The van der Waals surface area contributed by atoms with Crippen molar-refractivity contribution in [2.45, 2.75) is 68.9 Å². The van der Waals surface area contributed by atoms with E-state index in [4.69, 9.17) is 0 Å². The first-order valence-electron chi connectivity index (χ1n) is 10.2. The molecule has 0 radical (unpaired) electrons. The van der Waals surface area contributed by atoms with E-state index < -0.39 is 0 Å². The molecule has 2 aliphatic rings. The van der Waals surface area contributed by atoms with Gasteiger partial charge in [-0.3, -0.25) is 4.90 Å². The van der Waals surface area contributed by atoms with Gasteiger partial charge in [0.2, 0.25) is 0 Å². The minimum atomic E-state index is 0. The number of hydrogen-bond donors (Lipinski definition) is 0. The Morgan fingerprint density at radius 1 is 0.962 bits per heavy atom. The Kier molecular flexibility index (Phi) is 7.36. The zero-order valence-corrected chi connectivity index (χ0v) is 17.7. The van der Waals surface area contributed by atoms with Crippen molar-refractivity contribution in [1.82, 2.24) is 9.47 Å². The number of thioether (sulfide) groups is 1. The van der Waals surface area contributed by atoms with E-state index in [1.165, 1.54) is 81.1 Å². The summed E-state index contributed by atoms with van der Waals surface area (Å²) in [6.45, 7) is 3.69. The lowest BCUT2D eigenvalue weighted by molar-refractivity contribution is 0.221.